The number of anilines is 1. The van der Waals surface area contributed by atoms with Gasteiger partial charge in [-0.05, 0) is 54.1 Å². The first-order valence-corrected chi connectivity index (χ1v) is 10.5. The van der Waals surface area contributed by atoms with Crippen molar-refractivity contribution in [2.75, 3.05) is 12.4 Å². The molecule has 34 heavy (non-hydrogen) atoms. The van der Waals surface area contributed by atoms with Gasteiger partial charge in [-0.2, -0.15) is 13.2 Å². The third kappa shape index (κ3) is 4.47. The fourth-order valence-electron chi connectivity index (χ4n) is 3.52. The number of ketones is 1. The lowest BCUT2D eigenvalue weighted by atomic mass is 10.0. The molecule has 0 fully saturated rings. The molecule has 0 bridgehead atoms. The largest absolute Gasteiger partial charge is 0.495 e. The van der Waals surface area contributed by atoms with E-state index in [0.29, 0.717) is 33.5 Å². The van der Waals surface area contributed by atoms with Crippen LogP contribution in [0.15, 0.2) is 66.9 Å². The molecule has 0 saturated heterocycles. The minimum absolute atomic E-state index is 0.0272. The van der Waals surface area contributed by atoms with Gasteiger partial charge in [0, 0.05) is 23.0 Å². The molecule has 4 aromatic rings. The van der Waals surface area contributed by atoms with E-state index in [4.69, 9.17) is 27.9 Å². The van der Waals surface area contributed by atoms with Crippen molar-refractivity contribution < 1.29 is 27.5 Å². The third-order valence-electron chi connectivity index (χ3n) is 5.09. The molecule has 0 aliphatic heterocycles. The molecule has 2 heterocycles. The Morgan fingerprint density at radius 3 is 2.41 bits per heavy atom. The van der Waals surface area contributed by atoms with E-state index in [-0.39, 0.29) is 11.4 Å². The maximum Gasteiger partial charge on any atom is 0.417 e. The molecule has 0 radical (unpaired) electrons. The summed E-state index contributed by atoms with van der Waals surface area (Å²) in [5.41, 5.74) is 0.288. The Morgan fingerprint density at radius 2 is 1.74 bits per heavy atom. The predicted molar refractivity (Wildman–Crippen MR) is 124 cm³/mol. The average molecular weight is 507 g/mol. The minimum Gasteiger partial charge on any atom is -0.495 e. The Morgan fingerprint density at radius 1 is 0.971 bits per heavy atom. The molecule has 0 aliphatic rings. The van der Waals surface area contributed by atoms with Gasteiger partial charge in [0.05, 0.1) is 22.7 Å². The van der Waals surface area contributed by atoms with Crippen LogP contribution in [0.2, 0.25) is 10.0 Å². The Kier molecular flexibility index (Phi) is 6.29. The number of amides is 1. The standard InChI is InChI=1S/C24H15Cl2F3N2O3/c1-34-20-8-5-13(10-19(20)26)16-12-15-4-2-3-9-31(15)21(16)22(32)23(33)30-14-6-7-18(25)17(11-14)24(27,28)29/h2-12H,1H3,(H,30,33). The average Bonchev–Trinajstić information content (AvgIpc) is 3.18. The van der Waals surface area contributed by atoms with Crippen LogP contribution in [0.3, 0.4) is 0 Å². The lowest BCUT2D eigenvalue weighted by Crippen LogP contribution is -2.25. The second-order valence-electron chi connectivity index (χ2n) is 7.23. The number of aromatic nitrogens is 1. The summed E-state index contributed by atoms with van der Waals surface area (Å²) >= 11 is 11.9. The molecule has 0 saturated carbocycles. The predicted octanol–water partition coefficient (Wildman–Crippen LogP) is 6.76. The van der Waals surface area contributed by atoms with Crippen LogP contribution in [0.4, 0.5) is 18.9 Å². The zero-order valence-corrected chi connectivity index (χ0v) is 18.9. The topological polar surface area (TPSA) is 59.8 Å². The van der Waals surface area contributed by atoms with Crippen LogP contribution < -0.4 is 10.1 Å². The Balaban J connectivity index is 1.75. The van der Waals surface area contributed by atoms with E-state index in [1.807, 2.05) is 0 Å². The van der Waals surface area contributed by atoms with Crippen molar-refractivity contribution in [1.82, 2.24) is 4.40 Å². The van der Waals surface area contributed by atoms with Gasteiger partial charge >= 0.3 is 6.18 Å². The van der Waals surface area contributed by atoms with Crippen LogP contribution in [0.1, 0.15) is 16.1 Å². The summed E-state index contributed by atoms with van der Waals surface area (Å²) in [4.78, 5) is 26.1. The number of benzene rings is 2. The molecule has 1 amide bonds. The number of nitrogens with zero attached hydrogens (tertiary/aromatic N) is 1. The summed E-state index contributed by atoms with van der Waals surface area (Å²) < 4.78 is 46.2. The van der Waals surface area contributed by atoms with Crippen molar-refractivity contribution in [2.45, 2.75) is 6.18 Å². The van der Waals surface area contributed by atoms with E-state index in [2.05, 4.69) is 5.32 Å². The quantitative estimate of drug-likeness (QED) is 0.240. The lowest BCUT2D eigenvalue weighted by molar-refractivity contribution is -0.137. The van der Waals surface area contributed by atoms with Crippen LogP contribution in [0, 0.1) is 0 Å². The molecule has 0 atom stereocenters. The Bertz CT molecular complexity index is 1430. The van der Waals surface area contributed by atoms with Gasteiger partial charge < -0.3 is 14.5 Å². The molecular weight excluding hydrogens is 492 g/mol. The van der Waals surface area contributed by atoms with Crippen molar-refractivity contribution >= 4 is 46.1 Å². The molecular formula is C24H15Cl2F3N2O3. The van der Waals surface area contributed by atoms with Gasteiger partial charge in [0.15, 0.2) is 0 Å². The van der Waals surface area contributed by atoms with E-state index in [0.717, 1.165) is 6.07 Å². The van der Waals surface area contributed by atoms with E-state index < -0.39 is 28.5 Å². The fraction of sp³-hybridized carbons (Fsp3) is 0.0833. The molecule has 5 nitrogen and oxygen atoms in total. The zero-order chi connectivity index (χ0) is 24.6. The van der Waals surface area contributed by atoms with Crippen molar-refractivity contribution in [1.29, 1.82) is 0 Å². The van der Waals surface area contributed by atoms with Gasteiger partial charge in [-0.1, -0.05) is 35.3 Å². The summed E-state index contributed by atoms with van der Waals surface area (Å²) in [6.45, 7) is 0. The number of alkyl halides is 3. The van der Waals surface area contributed by atoms with Crippen molar-refractivity contribution in [3.05, 3.63) is 88.2 Å². The first kappa shape index (κ1) is 23.7. The van der Waals surface area contributed by atoms with Crippen LogP contribution >= 0.6 is 23.2 Å². The summed E-state index contributed by atoms with van der Waals surface area (Å²) in [5.74, 6) is -1.63. The van der Waals surface area contributed by atoms with Crippen LogP contribution in [-0.2, 0) is 11.0 Å². The van der Waals surface area contributed by atoms with Crippen molar-refractivity contribution in [3.63, 3.8) is 0 Å². The highest BCUT2D eigenvalue weighted by Gasteiger charge is 2.34. The Labute approximate surface area is 201 Å². The highest BCUT2D eigenvalue weighted by Crippen LogP contribution is 2.37. The number of ether oxygens (including phenoxy) is 1. The third-order valence-corrected chi connectivity index (χ3v) is 5.72. The number of methoxy groups -OCH3 is 1. The molecule has 2 aromatic carbocycles. The molecule has 0 unspecified atom stereocenters. The van der Waals surface area contributed by atoms with E-state index in [1.54, 1.807) is 48.7 Å². The molecule has 0 spiro atoms. The van der Waals surface area contributed by atoms with Gasteiger partial charge in [0.2, 0.25) is 0 Å². The maximum atomic E-state index is 13.2. The van der Waals surface area contributed by atoms with Crippen LogP contribution in [0.25, 0.3) is 16.6 Å². The van der Waals surface area contributed by atoms with Crippen molar-refractivity contribution in [3.8, 4) is 16.9 Å². The van der Waals surface area contributed by atoms with Gasteiger partial charge in [-0.25, -0.2) is 0 Å². The number of halogens is 5. The number of carbonyl (C=O) groups is 2. The maximum absolute atomic E-state index is 13.2. The summed E-state index contributed by atoms with van der Waals surface area (Å²) in [6, 6.07) is 14.7. The summed E-state index contributed by atoms with van der Waals surface area (Å²) in [5, 5.41) is 2.02. The highest BCUT2D eigenvalue weighted by atomic mass is 35.5. The van der Waals surface area contributed by atoms with Gasteiger partial charge in [-0.3, -0.25) is 9.59 Å². The molecule has 0 aliphatic carbocycles. The second kappa shape index (κ2) is 9.04. The SMILES string of the molecule is COc1ccc(-c2cc3ccccn3c2C(=O)C(=O)Nc2ccc(Cl)c(C(F)(F)F)c2)cc1Cl. The number of nitrogens with one attached hydrogen (secondary N) is 1. The number of pyridine rings is 1. The van der Waals surface area contributed by atoms with Gasteiger partial charge in [0.25, 0.3) is 11.7 Å². The molecule has 4 rings (SSSR count). The summed E-state index contributed by atoms with van der Waals surface area (Å²) in [6.07, 6.45) is -3.12. The number of Topliss-reactive ketones (excluding diaryl/α,β-unsaturated/α-hetero) is 1. The first-order chi connectivity index (χ1) is 16.1. The van der Waals surface area contributed by atoms with Crippen LogP contribution in [0.5, 0.6) is 5.75 Å². The minimum atomic E-state index is -4.72. The van der Waals surface area contributed by atoms with Crippen molar-refractivity contribution in [2.24, 2.45) is 0 Å². The zero-order valence-electron chi connectivity index (χ0n) is 17.4. The van der Waals surface area contributed by atoms with Gasteiger partial charge in [0.1, 0.15) is 11.4 Å². The number of fused-ring (bicyclic) bond motifs is 1. The lowest BCUT2D eigenvalue weighted by Gasteiger charge is -2.12. The highest BCUT2D eigenvalue weighted by molar-refractivity contribution is 6.47. The molecule has 1 N–H and O–H groups in total. The Hall–Kier alpha value is -3.49. The number of carbonyl (C=O) groups excluding carboxylic acids is 2. The first-order valence-electron chi connectivity index (χ1n) is 9.76. The molecule has 10 heteroatoms. The smallest absolute Gasteiger partial charge is 0.417 e. The van der Waals surface area contributed by atoms with E-state index >= 15 is 0 Å². The van der Waals surface area contributed by atoms with E-state index in [9.17, 15) is 22.8 Å². The normalized spacial score (nSPS) is 11.5. The number of hydrogen-bond donors (Lipinski definition) is 1. The summed E-state index contributed by atoms with van der Waals surface area (Å²) in [7, 11) is 1.47. The number of rotatable bonds is 5. The molecule has 174 valence electrons. The van der Waals surface area contributed by atoms with Crippen LogP contribution in [-0.4, -0.2) is 23.2 Å². The molecule has 2 aromatic heterocycles. The van der Waals surface area contributed by atoms with Gasteiger partial charge in [-0.15, -0.1) is 0 Å². The van der Waals surface area contributed by atoms with E-state index in [1.165, 1.54) is 17.6 Å². The monoisotopic (exact) mass is 506 g/mol. The number of hydrogen-bond acceptors (Lipinski definition) is 3. The second-order valence-corrected chi connectivity index (χ2v) is 8.04. The fourth-order valence-corrected chi connectivity index (χ4v) is 4.01.